The van der Waals surface area contributed by atoms with Gasteiger partial charge in [0.1, 0.15) is 0 Å². The van der Waals surface area contributed by atoms with Crippen LogP contribution in [0.5, 0.6) is 0 Å². The van der Waals surface area contributed by atoms with Gasteiger partial charge in [0.15, 0.2) is 0 Å². The first kappa shape index (κ1) is 40.8. The molecular weight excluding hydrogens is 512 g/mol. The van der Waals surface area contributed by atoms with Crippen molar-refractivity contribution in [2.45, 2.75) is 208 Å². The quantitative estimate of drug-likeness (QED) is 0.118. The number of rotatable bonds is 24. The molecule has 0 spiro atoms. The lowest BCUT2D eigenvalue weighted by molar-refractivity contribution is -0.203. The predicted molar refractivity (Wildman–Crippen MR) is 177 cm³/mol. The summed E-state index contributed by atoms with van der Waals surface area (Å²) >= 11 is 0. The topological polar surface area (TPSA) is 89.0 Å². The van der Waals surface area contributed by atoms with Gasteiger partial charge in [-0.15, -0.1) is 0 Å². The standard InChI is InChI=1S/C35H74N2O4/c1-15-20-21-35(19-5,25-38-32(12,16-2)24-29(8)40-31(10,11)22-27(6)36)26-39-34(14,18-4)30(9)41-33(13,17-3)23-28(7)37/h27-30H,15-26,36-37H2,1-14H3. The Labute approximate surface area is 256 Å². The summed E-state index contributed by atoms with van der Waals surface area (Å²) in [6, 6.07) is 0.202. The van der Waals surface area contributed by atoms with Crippen LogP contribution < -0.4 is 11.5 Å². The average molecular weight is 587 g/mol. The van der Waals surface area contributed by atoms with Crippen molar-refractivity contribution in [3.8, 4) is 0 Å². The van der Waals surface area contributed by atoms with Gasteiger partial charge in [-0.25, -0.2) is 0 Å². The van der Waals surface area contributed by atoms with Crippen LogP contribution in [0.4, 0.5) is 0 Å². The van der Waals surface area contributed by atoms with Gasteiger partial charge < -0.3 is 30.4 Å². The normalized spacial score (nSPS) is 21.7. The molecule has 248 valence electrons. The SMILES string of the molecule is CCCCC(CC)(COC(C)(CC)CC(C)OC(C)(C)CC(C)N)COC(C)(CC)C(C)OC(C)(CC)CC(C)N. The molecule has 4 N–H and O–H groups in total. The molecule has 6 heteroatoms. The van der Waals surface area contributed by atoms with Crippen LogP contribution in [0.2, 0.25) is 0 Å². The first-order valence-corrected chi connectivity index (χ1v) is 16.9. The molecule has 0 aromatic heterocycles. The summed E-state index contributed by atoms with van der Waals surface area (Å²) < 4.78 is 27.0. The number of unbranched alkanes of at least 4 members (excludes halogenated alkanes) is 1. The lowest BCUT2D eigenvalue weighted by Gasteiger charge is -2.44. The molecule has 0 aliphatic rings. The van der Waals surface area contributed by atoms with Crippen molar-refractivity contribution in [1.29, 1.82) is 0 Å². The Balaban J connectivity index is 5.71. The molecular formula is C35H74N2O4. The molecule has 0 aromatic carbocycles. The highest BCUT2D eigenvalue weighted by atomic mass is 16.6. The van der Waals surface area contributed by atoms with Crippen LogP contribution in [0.15, 0.2) is 0 Å². The molecule has 8 atom stereocenters. The zero-order chi connectivity index (χ0) is 32.1. The van der Waals surface area contributed by atoms with Gasteiger partial charge in [-0.3, -0.25) is 0 Å². The van der Waals surface area contributed by atoms with Crippen molar-refractivity contribution in [3.63, 3.8) is 0 Å². The second-order valence-electron chi connectivity index (χ2n) is 14.8. The van der Waals surface area contributed by atoms with Crippen molar-refractivity contribution < 1.29 is 18.9 Å². The predicted octanol–water partition coefficient (Wildman–Crippen LogP) is 8.57. The van der Waals surface area contributed by atoms with Crippen molar-refractivity contribution in [1.82, 2.24) is 0 Å². The van der Waals surface area contributed by atoms with Crippen LogP contribution in [-0.4, -0.2) is 59.9 Å². The summed E-state index contributed by atoms with van der Waals surface area (Å²) in [5, 5.41) is 0. The fourth-order valence-corrected chi connectivity index (χ4v) is 6.10. The smallest absolute Gasteiger partial charge is 0.0910 e. The molecule has 0 saturated heterocycles. The highest BCUT2D eigenvalue weighted by molar-refractivity contribution is 4.89. The van der Waals surface area contributed by atoms with Gasteiger partial charge in [-0.2, -0.15) is 0 Å². The first-order chi connectivity index (χ1) is 18.8. The molecule has 0 saturated carbocycles. The van der Waals surface area contributed by atoms with E-state index >= 15 is 0 Å². The van der Waals surface area contributed by atoms with Crippen LogP contribution in [0.1, 0.15) is 161 Å². The minimum atomic E-state index is -0.400. The van der Waals surface area contributed by atoms with Crippen LogP contribution in [0.3, 0.4) is 0 Å². The summed E-state index contributed by atoms with van der Waals surface area (Å²) in [7, 11) is 0. The van der Waals surface area contributed by atoms with E-state index in [-0.39, 0.29) is 46.5 Å². The minimum absolute atomic E-state index is 0.0548. The minimum Gasteiger partial charge on any atom is -0.375 e. The maximum atomic E-state index is 6.90. The lowest BCUT2D eigenvalue weighted by atomic mass is 9.80. The van der Waals surface area contributed by atoms with Gasteiger partial charge in [-0.05, 0) is 107 Å². The van der Waals surface area contributed by atoms with E-state index in [1.165, 1.54) is 0 Å². The zero-order valence-electron chi connectivity index (χ0n) is 30.1. The Morgan fingerprint density at radius 2 is 1.15 bits per heavy atom. The molecule has 0 amide bonds. The number of nitrogens with two attached hydrogens (primary N) is 2. The highest BCUT2D eigenvalue weighted by Crippen LogP contribution is 2.38. The lowest BCUT2D eigenvalue weighted by Crippen LogP contribution is -2.50. The Morgan fingerprint density at radius 3 is 1.59 bits per heavy atom. The van der Waals surface area contributed by atoms with E-state index in [2.05, 4.69) is 90.0 Å². The average Bonchev–Trinajstić information content (AvgIpc) is 2.86. The largest absolute Gasteiger partial charge is 0.375 e. The van der Waals surface area contributed by atoms with Crippen LogP contribution in [0.25, 0.3) is 0 Å². The van der Waals surface area contributed by atoms with Gasteiger partial charge in [0.05, 0.1) is 47.8 Å². The summed E-state index contributed by atoms with van der Waals surface area (Å²) in [5.74, 6) is 0. The van der Waals surface area contributed by atoms with Gasteiger partial charge in [-0.1, -0.05) is 47.5 Å². The van der Waals surface area contributed by atoms with Crippen molar-refractivity contribution in [2.24, 2.45) is 16.9 Å². The molecule has 0 bridgehead atoms. The molecule has 0 rings (SSSR count). The van der Waals surface area contributed by atoms with Crippen molar-refractivity contribution in [2.75, 3.05) is 13.2 Å². The number of ether oxygens (including phenoxy) is 4. The highest BCUT2D eigenvalue weighted by Gasteiger charge is 2.41. The van der Waals surface area contributed by atoms with Crippen molar-refractivity contribution >= 4 is 0 Å². The third-order valence-electron chi connectivity index (χ3n) is 9.57. The maximum absolute atomic E-state index is 6.90. The second-order valence-corrected chi connectivity index (χ2v) is 14.8. The van der Waals surface area contributed by atoms with E-state index < -0.39 is 5.60 Å². The molecule has 6 nitrogen and oxygen atoms in total. The van der Waals surface area contributed by atoms with Crippen molar-refractivity contribution in [3.05, 3.63) is 0 Å². The second kappa shape index (κ2) is 17.9. The van der Waals surface area contributed by atoms with E-state index in [0.717, 1.165) is 64.2 Å². The zero-order valence-corrected chi connectivity index (χ0v) is 30.1. The molecule has 0 radical (unpaired) electrons. The number of hydrogen-bond donors (Lipinski definition) is 2. The van der Waals surface area contributed by atoms with Crippen LogP contribution in [0, 0.1) is 5.41 Å². The fourth-order valence-electron chi connectivity index (χ4n) is 6.10. The molecule has 0 heterocycles. The Kier molecular flexibility index (Phi) is 17.8. The molecule has 41 heavy (non-hydrogen) atoms. The first-order valence-electron chi connectivity index (χ1n) is 16.9. The summed E-state index contributed by atoms with van der Waals surface area (Å²) in [6.07, 6.45) is 9.63. The number of hydrogen-bond acceptors (Lipinski definition) is 6. The van der Waals surface area contributed by atoms with E-state index in [9.17, 15) is 0 Å². The van der Waals surface area contributed by atoms with E-state index in [4.69, 9.17) is 30.4 Å². The van der Waals surface area contributed by atoms with Crippen LogP contribution >= 0.6 is 0 Å². The van der Waals surface area contributed by atoms with Gasteiger partial charge in [0.2, 0.25) is 0 Å². The molecule has 0 aliphatic carbocycles. The molecule has 0 aliphatic heterocycles. The summed E-state index contributed by atoms with van der Waals surface area (Å²) in [6.45, 7) is 31.8. The maximum Gasteiger partial charge on any atom is 0.0910 e. The van der Waals surface area contributed by atoms with Crippen LogP contribution in [-0.2, 0) is 18.9 Å². The monoisotopic (exact) mass is 587 g/mol. The van der Waals surface area contributed by atoms with Gasteiger partial charge in [0.25, 0.3) is 0 Å². The van der Waals surface area contributed by atoms with E-state index in [0.29, 0.717) is 13.2 Å². The molecule has 0 aromatic rings. The Hall–Kier alpha value is -0.240. The molecule has 0 fully saturated rings. The summed E-state index contributed by atoms with van der Waals surface area (Å²) in [4.78, 5) is 0. The van der Waals surface area contributed by atoms with E-state index in [1.807, 2.05) is 6.92 Å². The fraction of sp³-hybridized carbons (Fsp3) is 1.00. The van der Waals surface area contributed by atoms with E-state index in [1.54, 1.807) is 0 Å². The summed E-state index contributed by atoms with van der Waals surface area (Å²) in [5.41, 5.74) is 11.0. The van der Waals surface area contributed by atoms with Gasteiger partial charge >= 0.3 is 0 Å². The van der Waals surface area contributed by atoms with Gasteiger partial charge in [0, 0.05) is 23.9 Å². The third kappa shape index (κ3) is 14.9. The Morgan fingerprint density at radius 1 is 0.610 bits per heavy atom. The molecule has 8 unspecified atom stereocenters. The Bertz CT molecular complexity index is 702. The third-order valence-corrected chi connectivity index (χ3v) is 9.57.